The molecule has 2 N–H and O–H groups in total. The van der Waals surface area contributed by atoms with Crippen molar-refractivity contribution >= 4 is 29.9 Å². The number of nitrogens with zero attached hydrogens (tertiary/aromatic N) is 3. The summed E-state index contributed by atoms with van der Waals surface area (Å²) in [5.74, 6) is 3.49. The van der Waals surface area contributed by atoms with Crippen LogP contribution in [-0.2, 0) is 18.4 Å². The molecule has 0 fully saturated rings. The maximum atomic E-state index is 5.64. The van der Waals surface area contributed by atoms with Gasteiger partial charge in [0.1, 0.15) is 0 Å². The van der Waals surface area contributed by atoms with Crippen LogP contribution in [0.25, 0.3) is 0 Å². The number of hydrogen-bond acceptors (Lipinski definition) is 6. The molecule has 0 atom stereocenters. The number of nitrogens with one attached hydrogen (secondary N) is 2. The monoisotopic (exact) mass is 531 g/mol. The second-order valence-electron chi connectivity index (χ2n) is 7.64. The fourth-order valence-electron chi connectivity index (χ4n) is 2.66. The van der Waals surface area contributed by atoms with E-state index in [2.05, 4.69) is 31.8 Å². The minimum atomic E-state index is -0.158. The van der Waals surface area contributed by atoms with Gasteiger partial charge >= 0.3 is 0 Å². The van der Waals surface area contributed by atoms with E-state index in [1.807, 2.05) is 39.8 Å². The molecule has 0 saturated carbocycles. The molecule has 0 bridgehead atoms. The molecule has 2 aromatic rings. The molecule has 0 aliphatic rings. The van der Waals surface area contributed by atoms with Crippen LogP contribution in [0.3, 0.4) is 0 Å². The first-order chi connectivity index (χ1) is 13.9. The SMILES string of the molecule is CCOc1cc(CCCNC(=NC)NCc2noc(C(C)(C)C)n2)ccc1OC.I. The number of methoxy groups -OCH3 is 1. The Labute approximate surface area is 196 Å². The lowest BCUT2D eigenvalue weighted by Crippen LogP contribution is -2.37. The predicted octanol–water partition coefficient (Wildman–Crippen LogP) is 3.69. The van der Waals surface area contributed by atoms with E-state index in [-0.39, 0.29) is 29.4 Å². The first-order valence-corrected chi connectivity index (χ1v) is 9.94. The smallest absolute Gasteiger partial charge is 0.232 e. The quantitative estimate of drug-likeness (QED) is 0.221. The van der Waals surface area contributed by atoms with E-state index in [9.17, 15) is 0 Å². The van der Waals surface area contributed by atoms with Crippen LogP contribution in [0, 0.1) is 0 Å². The molecule has 168 valence electrons. The van der Waals surface area contributed by atoms with E-state index < -0.39 is 0 Å². The number of guanidine groups is 1. The summed E-state index contributed by atoms with van der Waals surface area (Å²) in [6.45, 7) is 9.94. The van der Waals surface area contributed by atoms with Gasteiger partial charge in [-0.1, -0.05) is 32.0 Å². The van der Waals surface area contributed by atoms with E-state index in [0.29, 0.717) is 30.8 Å². The number of halogens is 1. The fraction of sp³-hybridized carbons (Fsp3) is 0.571. The summed E-state index contributed by atoms with van der Waals surface area (Å²) in [6.07, 6.45) is 1.88. The summed E-state index contributed by atoms with van der Waals surface area (Å²) in [5, 5.41) is 10.5. The largest absolute Gasteiger partial charge is 0.493 e. The van der Waals surface area contributed by atoms with E-state index >= 15 is 0 Å². The van der Waals surface area contributed by atoms with Gasteiger partial charge in [0.05, 0.1) is 20.3 Å². The average Bonchev–Trinajstić information content (AvgIpc) is 3.17. The maximum absolute atomic E-state index is 5.64. The number of aromatic nitrogens is 2. The molecular formula is C21H34IN5O3. The van der Waals surface area contributed by atoms with E-state index in [1.54, 1.807) is 14.2 Å². The molecule has 0 aliphatic carbocycles. The van der Waals surface area contributed by atoms with Crippen LogP contribution in [0.15, 0.2) is 27.7 Å². The summed E-state index contributed by atoms with van der Waals surface area (Å²) in [6, 6.07) is 6.06. The highest BCUT2D eigenvalue weighted by Crippen LogP contribution is 2.28. The zero-order valence-corrected chi connectivity index (χ0v) is 21.1. The van der Waals surface area contributed by atoms with E-state index in [1.165, 1.54) is 5.56 Å². The van der Waals surface area contributed by atoms with Gasteiger partial charge in [0.15, 0.2) is 23.3 Å². The standard InChI is InChI=1S/C21H33N5O3.HI/c1-7-28-17-13-15(10-11-16(17)27-6)9-8-12-23-20(22-5)24-14-18-25-19(29-26-18)21(2,3)4;/h10-11,13H,7-9,12,14H2,1-6H3,(H2,22,23,24);1H. The summed E-state index contributed by atoms with van der Waals surface area (Å²) < 4.78 is 16.3. The molecule has 1 heterocycles. The second kappa shape index (κ2) is 12.6. The zero-order chi connectivity index (χ0) is 21.3. The van der Waals surface area contributed by atoms with Crippen molar-refractivity contribution in [1.82, 2.24) is 20.8 Å². The van der Waals surface area contributed by atoms with Crippen molar-refractivity contribution in [3.63, 3.8) is 0 Å². The van der Waals surface area contributed by atoms with Crippen LogP contribution in [0.4, 0.5) is 0 Å². The van der Waals surface area contributed by atoms with E-state index in [0.717, 1.165) is 30.9 Å². The number of benzene rings is 1. The first kappa shape index (κ1) is 26.0. The third kappa shape index (κ3) is 8.00. The van der Waals surface area contributed by atoms with Gasteiger partial charge in [0, 0.05) is 19.0 Å². The lowest BCUT2D eigenvalue weighted by atomic mass is 9.97. The molecule has 1 aromatic carbocycles. The summed E-state index contributed by atoms with van der Waals surface area (Å²) in [7, 11) is 3.39. The van der Waals surface area contributed by atoms with E-state index in [4.69, 9.17) is 14.0 Å². The molecule has 1 aromatic heterocycles. The first-order valence-electron chi connectivity index (χ1n) is 9.94. The average molecular weight is 531 g/mol. The van der Waals surface area contributed by atoms with Crippen molar-refractivity contribution in [2.45, 2.75) is 52.5 Å². The van der Waals surface area contributed by atoms with Crippen molar-refractivity contribution in [2.24, 2.45) is 4.99 Å². The number of ether oxygens (including phenoxy) is 2. The highest BCUT2D eigenvalue weighted by atomic mass is 127. The Balaban J connectivity index is 0.00000450. The van der Waals surface area contributed by atoms with Crippen LogP contribution in [0.5, 0.6) is 11.5 Å². The molecule has 0 amide bonds. The zero-order valence-electron chi connectivity index (χ0n) is 18.7. The van der Waals surface area contributed by atoms with Gasteiger partial charge in [0.25, 0.3) is 0 Å². The number of aryl methyl sites for hydroxylation is 1. The van der Waals surface area contributed by atoms with Crippen molar-refractivity contribution in [3.8, 4) is 11.5 Å². The van der Waals surface area contributed by atoms with Crippen LogP contribution in [-0.4, -0.2) is 43.4 Å². The normalized spacial score (nSPS) is 11.6. The number of rotatable bonds is 9. The second-order valence-corrected chi connectivity index (χ2v) is 7.64. The van der Waals surface area contributed by atoms with Crippen LogP contribution in [0.1, 0.15) is 51.4 Å². The lowest BCUT2D eigenvalue weighted by Gasteiger charge is -2.12. The van der Waals surface area contributed by atoms with Gasteiger partial charge in [-0.3, -0.25) is 4.99 Å². The molecule has 8 nitrogen and oxygen atoms in total. The fourth-order valence-corrected chi connectivity index (χ4v) is 2.66. The molecule has 0 radical (unpaired) electrons. The van der Waals surface area contributed by atoms with Gasteiger partial charge in [-0.15, -0.1) is 24.0 Å². The van der Waals surface area contributed by atoms with Gasteiger partial charge in [-0.05, 0) is 37.5 Å². The highest BCUT2D eigenvalue weighted by molar-refractivity contribution is 14.0. The number of hydrogen-bond donors (Lipinski definition) is 2. The third-order valence-electron chi connectivity index (χ3n) is 4.21. The number of aliphatic imine (C=N–C) groups is 1. The molecule has 0 saturated heterocycles. The van der Waals surface area contributed by atoms with Crippen LogP contribution < -0.4 is 20.1 Å². The Morgan fingerprint density at radius 3 is 2.57 bits per heavy atom. The van der Waals surface area contributed by atoms with Gasteiger partial charge in [-0.2, -0.15) is 4.98 Å². The molecule has 0 spiro atoms. The van der Waals surface area contributed by atoms with Crippen molar-refractivity contribution < 1.29 is 14.0 Å². The molecule has 0 aliphatic heterocycles. The minimum Gasteiger partial charge on any atom is -0.493 e. The lowest BCUT2D eigenvalue weighted by molar-refractivity contribution is 0.310. The topological polar surface area (TPSA) is 93.8 Å². The summed E-state index contributed by atoms with van der Waals surface area (Å²) in [4.78, 5) is 8.65. The Kier molecular flexibility index (Phi) is 10.9. The van der Waals surface area contributed by atoms with Crippen LogP contribution in [0.2, 0.25) is 0 Å². The van der Waals surface area contributed by atoms with Gasteiger partial charge in [-0.25, -0.2) is 0 Å². The van der Waals surface area contributed by atoms with Crippen molar-refractivity contribution in [3.05, 3.63) is 35.5 Å². The molecular weight excluding hydrogens is 497 g/mol. The third-order valence-corrected chi connectivity index (χ3v) is 4.21. The Hall–Kier alpha value is -2.04. The molecule has 30 heavy (non-hydrogen) atoms. The summed E-state index contributed by atoms with van der Waals surface area (Å²) >= 11 is 0. The molecule has 9 heteroatoms. The molecule has 0 unspecified atom stereocenters. The van der Waals surface area contributed by atoms with Gasteiger partial charge in [0.2, 0.25) is 5.89 Å². The van der Waals surface area contributed by atoms with Crippen molar-refractivity contribution in [2.75, 3.05) is 27.3 Å². The highest BCUT2D eigenvalue weighted by Gasteiger charge is 2.21. The predicted molar refractivity (Wildman–Crippen MR) is 129 cm³/mol. The Morgan fingerprint density at radius 2 is 1.97 bits per heavy atom. The Bertz CT molecular complexity index is 802. The minimum absolute atomic E-state index is 0. The van der Waals surface area contributed by atoms with Gasteiger partial charge < -0.3 is 24.6 Å². The summed E-state index contributed by atoms with van der Waals surface area (Å²) in [5.41, 5.74) is 1.05. The van der Waals surface area contributed by atoms with Crippen LogP contribution >= 0.6 is 24.0 Å². The van der Waals surface area contributed by atoms with Crippen molar-refractivity contribution in [1.29, 1.82) is 0 Å². The maximum Gasteiger partial charge on any atom is 0.232 e. The Morgan fingerprint density at radius 1 is 1.20 bits per heavy atom. The molecule has 2 rings (SSSR count).